The Bertz CT molecular complexity index is 757. The molecule has 2 saturated heterocycles. The predicted octanol–water partition coefficient (Wildman–Crippen LogP) is 3.62. The number of likely N-dealkylation sites (N-methyl/N-ethyl adjacent to an activating group) is 1. The third kappa shape index (κ3) is 19.7. The summed E-state index contributed by atoms with van der Waals surface area (Å²) in [6.45, 7) is 20.8. The maximum absolute atomic E-state index is 11.0. The maximum atomic E-state index is 11.0. The van der Waals surface area contributed by atoms with Gasteiger partial charge in [-0.15, -0.1) is 0 Å². The number of nitrogens with zero attached hydrogens (tertiary/aromatic N) is 1. The van der Waals surface area contributed by atoms with Crippen LogP contribution in [0.4, 0.5) is 0 Å². The summed E-state index contributed by atoms with van der Waals surface area (Å²) in [6, 6.07) is 0. The molecule has 0 bridgehead atoms. The number of hydrogen-bond acceptors (Lipinski definition) is 9. The quantitative estimate of drug-likeness (QED) is 0.192. The number of rotatable bonds is 4. The number of imide groups is 1. The van der Waals surface area contributed by atoms with Crippen molar-refractivity contribution in [2.45, 2.75) is 60.5 Å². The van der Waals surface area contributed by atoms with Crippen molar-refractivity contribution in [2.75, 3.05) is 41.1 Å². The molecular formula is C28H49NO9W. The molecule has 2 fully saturated rings. The van der Waals surface area contributed by atoms with Crippen molar-refractivity contribution in [1.82, 2.24) is 4.90 Å². The summed E-state index contributed by atoms with van der Waals surface area (Å²) in [5.74, 6) is -0.558. The Kier molecular flexibility index (Phi) is 29.7. The standard InChI is InChI=1S/C7H9NO2.C7H10O2.C6H12O2.C4H6O.C2H5O.CH4O.CH3.W/c1-4-5(2)7(10)8(3)6(4)9;1-3-6-4-5(2)7(8)9-6;1-6(3-7-2)4-8-5-6;1-3-4(2)5;1-2-3;1-2;;/h1-3H3;6H,2-4H2,1H3;3-5H2,1-2H3;3H,1H2,2H3;2-3H,1H3;2H,1H3;1H3;/q;;;;-1;;-1;+2/i;;;;;;1D;. The molecule has 0 aromatic heterocycles. The van der Waals surface area contributed by atoms with E-state index in [-0.39, 0.29) is 50.7 Å². The fourth-order valence-electron chi connectivity index (χ4n) is 2.66. The van der Waals surface area contributed by atoms with E-state index in [1.807, 2.05) is 6.92 Å². The average molecular weight is 729 g/mol. The van der Waals surface area contributed by atoms with Gasteiger partial charge in [-0.25, -0.2) is 12.8 Å². The van der Waals surface area contributed by atoms with E-state index in [4.69, 9.17) is 25.8 Å². The molecule has 0 aromatic rings. The monoisotopic (exact) mass is 728 g/mol. The summed E-state index contributed by atoms with van der Waals surface area (Å²) in [4.78, 5) is 43.4. The van der Waals surface area contributed by atoms with Crippen LogP contribution >= 0.6 is 0 Å². The van der Waals surface area contributed by atoms with Gasteiger partial charge < -0.3 is 31.8 Å². The van der Waals surface area contributed by atoms with E-state index < -0.39 is 0 Å². The number of esters is 1. The summed E-state index contributed by atoms with van der Waals surface area (Å²) < 4.78 is 20.4. The van der Waals surface area contributed by atoms with Gasteiger partial charge in [-0.1, -0.05) is 27.0 Å². The van der Waals surface area contributed by atoms with E-state index in [9.17, 15) is 19.2 Å². The number of ether oxygens (including phenoxy) is 3. The molecule has 3 rings (SSSR count). The summed E-state index contributed by atoms with van der Waals surface area (Å²) in [5, 5.41) is 14.4. The van der Waals surface area contributed by atoms with Crippen molar-refractivity contribution in [3.05, 3.63) is 50.0 Å². The molecule has 2 amide bonds. The molecule has 0 spiro atoms. The number of methoxy groups -OCH3 is 1. The van der Waals surface area contributed by atoms with E-state index in [1.54, 1.807) is 27.9 Å². The first-order chi connectivity index (χ1) is 18.2. The molecule has 226 valence electrons. The second kappa shape index (κ2) is 26.3. The summed E-state index contributed by atoms with van der Waals surface area (Å²) >= 11 is 0. The van der Waals surface area contributed by atoms with Crippen LogP contribution in [0.5, 0.6) is 0 Å². The number of aliphatic hydroxyl groups excluding tert-OH is 2. The van der Waals surface area contributed by atoms with Gasteiger partial charge in [0.05, 0.1) is 19.8 Å². The van der Waals surface area contributed by atoms with Crippen LogP contribution in [0, 0.1) is 19.4 Å². The molecule has 10 nitrogen and oxygen atoms in total. The Labute approximate surface area is 251 Å². The molecule has 3 aliphatic rings. The maximum Gasteiger partial charge on any atom is 2.00 e. The van der Waals surface area contributed by atoms with Crippen LogP contribution in [0.15, 0.2) is 36.0 Å². The normalized spacial score (nSPS) is 17.8. The Morgan fingerprint density at radius 1 is 1.26 bits per heavy atom. The zero-order chi connectivity index (χ0) is 31.8. The first kappa shape index (κ1) is 44.1. The third-order valence-electron chi connectivity index (χ3n) is 4.99. The Balaban J connectivity index is -0.000000128. The van der Waals surface area contributed by atoms with Gasteiger partial charge in [-0.05, 0) is 33.3 Å². The fourth-order valence-corrected chi connectivity index (χ4v) is 2.66. The van der Waals surface area contributed by atoms with Crippen molar-refractivity contribution in [1.29, 1.82) is 0 Å². The molecule has 2 N–H and O–H groups in total. The van der Waals surface area contributed by atoms with Gasteiger partial charge in [-0.2, -0.15) is 6.92 Å². The van der Waals surface area contributed by atoms with Crippen LogP contribution in [-0.4, -0.2) is 85.9 Å². The molecular weight excluding hydrogens is 678 g/mol. The molecule has 0 aliphatic carbocycles. The van der Waals surface area contributed by atoms with Gasteiger partial charge in [-0.3, -0.25) is 19.3 Å². The summed E-state index contributed by atoms with van der Waals surface area (Å²) in [6.07, 6.45) is 2.99. The van der Waals surface area contributed by atoms with Crippen LogP contribution in [0.1, 0.15) is 55.8 Å². The number of ketones is 1. The van der Waals surface area contributed by atoms with E-state index in [0.717, 1.165) is 51.3 Å². The van der Waals surface area contributed by atoms with Gasteiger partial charge in [0.2, 0.25) is 0 Å². The topological polar surface area (TPSA) is 140 Å². The number of amides is 2. The second-order valence-electron chi connectivity index (χ2n) is 8.47. The molecule has 3 aliphatic heterocycles. The number of cyclic esters (lactones) is 1. The molecule has 0 radical (unpaired) electrons. The van der Waals surface area contributed by atoms with E-state index in [2.05, 4.69) is 27.5 Å². The van der Waals surface area contributed by atoms with Gasteiger partial charge >= 0.3 is 27.0 Å². The number of carbonyl (C=O) groups excluding carboxylic acids is 4. The van der Waals surface area contributed by atoms with Gasteiger partial charge in [0, 0.05) is 49.8 Å². The zero-order valence-electron chi connectivity index (χ0n) is 26.0. The minimum absolute atomic E-state index is 0. The molecule has 1 atom stereocenters. The van der Waals surface area contributed by atoms with Gasteiger partial charge in [0.1, 0.15) is 6.10 Å². The summed E-state index contributed by atoms with van der Waals surface area (Å²) in [7, 11) is 6.72. The number of carbonyl (C=O) groups is 4. The van der Waals surface area contributed by atoms with Crippen LogP contribution in [0.3, 0.4) is 0 Å². The van der Waals surface area contributed by atoms with Crippen LogP contribution in [0.2, 0.25) is 0 Å². The molecule has 1 unspecified atom stereocenters. The average Bonchev–Trinajstić information content (AvgIpc) is 3.33. The first-order valence-electron chi connectivity index (χ1n) is 12.4. The first-order valence-corrected chi connectivity index (χ1v) is 11.7. The Hall–Kier alpha value is -1.97. The molecule has 0 aromatic carbocycles. The van der Waals surface area contributed by atoms with E-state index in [1.165, 1.54) is 20.0 Å². The number of allylic oxidation sites excluding steroid dienone is 1. The van der Waals surface area contributed by atoms with Crippen molar-refractivity contribution < 1.29 is 66.0 Å². The zero-order valence-corrected chi connectivity index (χ0v) is 27.9. The van der Waals surface area contributed by atoms with Crippen LogP contribution in [-0.2, 0) is 54.5 Å². The largest absolute Gasteiger partial charge is 2.00 e. The predicted molar refractivity (Wildman–Crippen MR) is 148 cm³/mol. The SMILES string of the molecule is C=C1CC(CC)OC1=O.C=CC(C)=O.CC1=C(C)C(=O)N(C)C1=O.CO.COCC1(C)COC1.C[CH-]O.[2H][CH2-].[W+2]. The third-order valence-corrected chi connectivity index (χ3v) is 4.99. The van der Waals surface area contributed by atoms with Crippen molar-refractivity contribution >= 4 is 23.6 Å². The minimum atomic E-state index is -0.221. The minimum Gasteiger partial charge on any atom is -0.566 e. The molecule has 0 saturated carbocycles. The van der Waals surface area contributed by atoms with Gasteiger partial charge in [0.15, 0.2) is 5.78 Å². The van der Waals surface area contributed by atoms with Crippen LogP contribution < -0.4 is 0 Å². The molecule has 39 heavy (non-hydrogen) atoms. The smallest absolute Gasteiger partial charge is 0.566 e. The second-order valence-corrected chi connectivity index (χ2v) is 8.47. The number of hydrogen-bond donors (Lipinski definition) is 2. The van der Waals surface area contributed by atoms with Crippen molar-refractivity contribution in [2.24, 2.45) is 5.41 Å². The molecule has 3 heterocycles. The van der Waals surface area contributed by atoms with E-state index in [0.29, 0.717) is 22.1 Å². The van der Waals surface area contributed by atoms with Crippen molar-refractivity contribution in [3.63, 3.8) is 0 Å². The van der Waals surface area contributed by atoms with Gasteiger partial charge in [0.25, 0.3) is 11.8 Å². The van der Waals surface area contributed by atoms with Crippen molar-refractivity contribution in [3.8, 4) is 0 Å². The molecule has 11 heteroatoms. The van der Waals surface area contributed by atoms with E-state index >= 15 is 0 Å². The number of aliphatic hydroxyl groups is 2. The summed E-state index contributed by atoms with van der Waals surface area (Å²) in [5.41, 5.74) is 2.07. The Morgan fingerprint density at radius 3 is 1.74 bits per heavy atom. The van der Waals surface area contributed by atoms with Crippen LogP contribution in [0.25, 0.3) is 0 Å². The fraction of sp³-hybridized carbons (Fsp3) is 0.571. The Morgan fingerprint density at radius 2 is 1.64 bits per heavy atom.